The van der Waals surface area contributed by atoms with Gasteiger partial charge in [0.1, 0.15) is 10.7 Å². The predicted molar refractivity (Wildman–Crippen MR) is 77.1 cm³/mol. The number of carbonyl (C=O) groups excluding carboxylic acids is 1. The van der Waals surface area contributed by atoms with Crippen LogP contribution in [0.1, 0.15) is 36.5 Å². The van der Waals surface area contributed by atoms with Crippen LogP contribution in [-0.4, -0.2) is 20.9 Å². The van der Waals surface area contributed by atoms with Crippen LogP contribution >= 0.6 is 11.6 Å². The van der Waals surface area contributed by atoms with Crippen molar-refractivity contribution >= 4 is 27.5 Å². The first-order valence-electron chi connectivity index (χ1n) is 6.48. The van der Waals surface area contributed by atoms with Crippen LogP contribution in [-0.2, 0) is 10.0 Å². The second kappa shape index (κ2) is 5.55. The normalized spacial score (nSPS) is 16.6. The number of hydrogen-bond donors (Lipinski definition) is 2. The molecule has 1 aromatic carbocycles. The highest BCUT2D eigenvalue weighted by atomic mass is 35.5. The number of nitrogens with one attached hydrogen (secondary N) is 1. The molecule has 116 valence electrons. The van der Waals surface area contributed by atoms with E-state index in [4.69, 9.17) is 16.7 Å². The number of carbonyl (C=O) groups is 1. The number of nitrogens with two attached hydrogens (primary N) is 1. The lowest BCUT2D eigenvalue weighted by molar-refractivity contribution is 0.0940. The van der Waals surface area contributed by atoms with Crippen LogP contribution in [0.25, 0.3) is 0 Å². The SMILES string of the molecule is CCC1(CNC(=O)c2cc(S(N)(=O)=O)c(Cl)cc2F)CC1. The molecule has 21 heavy (non-hydrogen) atoms. The molecule has 0 bridgehead atoms. The van der Waals surface area contributed by atoms with Gasteiger partial charge in [-0.05, 0) is 36.8 Å². The van der Waals surface area contributed by atoms with Crippen LogP contribution in [0.4, 0.5) is 4.39 Å². The summed E-state index contributed by atoms with van der Waals surface area (Å²) in [6.07, 6.45) is 2.98. The first kappa shape index (κ1) is 16.2. The highest BCUT2D eigenvalue weighted by molar-refractivity contribution is 7.89. The number of rotatable bonds is 5. The summed E-state index contributed by atoms with van der Waals surface area (Å²) in [4.78, 5) is 11.6. The van der Waals surface area contributed by atoms with Gasteiger partial charge in [-0.1, -0.05) is 18.5 Å². The maximum absolute atomic E-state index is 13.8. The minimum atomic E-state index is -4.12. The Bertz CT molecular complexity index is 687. The summed E-state index contributed by atoms with van der Waals surface area (Å²) >= 11 is 5.64. The summed E-state index contributed by atoms with van der Waals surface area (Å²) in [5.41, 5.74) is -0.281. The summed E-state index contributed by atoms with van der Waals surface area (Å²) in [5, 5.41) is 7.27. The molecule has 0 aliphatic heterocycles. The average molecular weight is 335 g/mol. The van der Waals surface area contributed by atoms with Crippen molar-refractivity contribution in [2.45, 2.75) is 31.1 Å². The van der Waals surface area contributed by atoms with Gasteiger partial charge in [0.2, 0.25) is 10.0 Å². The van der Waals surface area contributed by atoms with Crippen molar-refractivity contribution in [3.8, 4) is 0 Å². The van der Waals surface area contributed by atoms with Crippen LogP contribution in [0.3, 0.4) is 0 Å². The third-order valence-corrected chi connectivity index (χ3v) is 5.28. The second-order valence-electron chi connectivity index (χ2n) is 5.34. The summed E-state index contributed by atoms with van der Waals surface area (Å²) in [5.74, 6) is -1.56. The maximum Gasteiger partial charge on any atom is 0.254 e. The van der Waals surface area contributed by atoms with Gasteiger partial charge in [0.25, 0.3) is 5.91 Å². The Hall–Kier alpha value is -1.18. The molecule has 0 aromatic heterocycles. The third kappa shape index (κ3) is 3.53. The number of primary sulfonamides is 1. The minimum Gasteiger partial charge on any atom is -0.351 e. The smallest absolute Gasteiger partial charge is 0.254 e. The molecule has 0 heterocycles. The number of amides is 1. The summed E-state index contributed by atoms with van der Waals surface area (Å²) in [7, 11) is -4.12. The lowest BCUT2D eigenvalue weighted by Gasteiger charge is -2.14. The maximum atomic E-state index is 13.8. The van der Waals surface area contributed by atoms with Gasteiger partial charge >= 0.3 is 0 Å². The number of halogens is 2. The van der Waals surface area contributed by atoms with Gasteiger partial charge in [0.15, 0.2) is 0 Å². The molecule has 1 saturated carbocycles. The third-order valence-electron chi connectivity index (χ3n) is 3.90. The van der Waals surface area contributed by atoms with E-state index in [2.05, 4.69) is 5.32 Å². The van der Waals surface area contributed by atoms with Gasteiger partial charge in [-0.25, -0.2) is 17.9 Å². The topological polar surface area (TPSA) is 89.3 Å². The molecule has 0 saturated heterocycles. The van der Waals surface area contributed by atoms with Crippen molar-refractivity contribution in [3.05, 3.63) is 28.5 Å². The first-order valence-corrected chi connectivity index (χ1v) is 8.41. The fourth-order valence-corrected chi connectivity index (χ4v) is 3.20. The van der Waals surface area contributed by atoms with E-state index in [0.717, 1.165) is 31.4 Å². The van der Waals surface area contributed by atoms with Crippen LogP contribution in [0.2, 0.25) is 5.02 Å². The van der Waals surface area contributed by atoms with Crippen molar-refractivity contribution in [2.75, 3.05) is 6.54 Å². The van der Waals surface area contributed by atoms with E-state index in [1.807, 2.05) is 6.92 Å². The standard InChI is InChI=1S/C13H16ClFN2O3S/c1-2-13(3-4-13)7-17-12(18)8-5-11(21(16,19)20)9(14)6-10(8)15/h5-6H,2-4,7H2,1H3,(H,17,18)(H2,16,19,20). The van der Waals surface area contributed by atoms with Crippen LogP contribution < -0.4 is 10.5 Å². The van der Waals surface area contributed by atoms with Crippen LogP contribution in [0, 0.1) is 11.2 Å². The highest BCUT2D eigenvalue weighted by Gasteiger charge is 2.40. The number of benzene rings is 1. The fourth-order valence-electron chi connectivity index (χ4n) is 2.12. The van der Waals surface area contributed by atoms with E-state index < -0.39 is 26.6 Å². The first-order chi connectivity index (χ1) is 9.68. The molecule has 1 aliphatic rings. The molecule has 5 nitrogen and oxygen atoms in total. The molecule has 1 aromatic rings. The Morgan fingerprint density at radius 2 is 2.10 bits per heavy atom. The van der Waals surface area contributed by atoms with E-state index >= 15 is 0 Å². The molecular formula is C13H16ClFN2O3S. The lowest BCUT2D eigenvalue weighted by Crippen LogP contribution is -2.31. The van der Waals surface area contributed by atoms with Crippen molar-refractivity contribution in [1.29, 1.82) is 0 Å². The molecule has 8 heteroatoms. The van der Waals surface area contributed by atoms with Gasteiger partial charge in [-0.15, -0.1) is 0 Å². The van der Waals surface area contributed by atoms with Crippen molar-refractivity contribution < 1.29 is 17.6 Å². The minimum absolute atomic E-state index is 0.0985. The lowest BCUT2D eigenvalue weighted by atomic mass is 10.0. The zero-order valence-corrected chi connectivity index (χ0v) is 13.0. The molecule has 0 radical (unpaired) electrons. The molecule has 3 N–H and O–H groups in total. The van der Waals surface area contributed by atoms with E-state index in [0.29, 0.717) is 6.54 Å². The van der Waals surface area contributed by atoms with Crippen LogP contribution in [0.5, 0.6) is 0 Å². The Morgan fingerprint density at radius 1 is 1.48 bits per heavy atom. The van der Waals surface area contributed by atoms with E-state index in [1.54, 1.807) is 0 Å². The largest absolute Gasteiger partial charge is 0.351 e. The summed E-state index contributed by atoms with van der Waals surface area (Å²) in [6.45, 7) is 2.47. The quantitative estimate of drug-likeness (QED) is 0.863. The average Bonchev–Trinajstić information content (AvgIpc) is 3.15. The molecule has 1 aliphatic carbocycles. The van der Waals surface area contributed by atoms with Gasteiger partial charge < -0.3 is 5.32 Å². The van der Waals surface area contributed by atoms with Crippen molar-refractivity contribution in [3.63, 3.8) is 0 Å². The van der Waals surface area contributed by atoms with Gasteiger partial charge in [0.05, 0.1) is 10.6 Å². The Kier molecular flexibility index (Phi) is 4.28. The number of hydrogen-bond acceptors (Lipinski definition) is 3. The Labute approximate surface area is 127 Å². The van der Waals surface area contributed by atoms with Gasteiger partial charge in [0, 0.05) is 6.54 Å². The van der Waals surface area contributed by atoms with Crippen molar-refractivity contribution in [2.24, 2.45) is 10.6 Å². The molecular weight excluding hydrogens is 319 g/mol. The van der Waals surface area contributed by atoms with E-state index in [-0.39, 0.29) is 16.0 Å². The number of sulfonamides is 1. The Balaban J connectivity index is 2.24. The molecule has 1 amide bonds. The fraction of sp³-hybridized carbons (Fsp3) is 0.462. The van der Waals surface area contributed by atoms with E-state index in [1.165, 1.54) is 0 Å². The molecule has 1 fully saturated rings. The predicted octanol–water partition coefficient (Wildman–Crippen LogP) is 2.05. The van der Waals surface area contributed by atoms with Crippen molar-refractivity contribution in [1.82, 2.24) is 5.32 Å². The molecule has 0 unspecified atom stereocenters. The zero-order chi connectivity index (χ0) is 15.8. The second-order valence-corrected chi connectivity index (χ2v) is 7.28. The highest BCUT2D eigenvalue weighted by Crippen LogP contribution is 2.47. The Morgan fingerprint density at radius 3 is 2.57 bits per heavy atom. The zero-order valence-electron chi connectivity index (χ0n) is 11.4. The van der Waals surface area contributed by atoms with Gasteiger partial charge in [-0.3, -0.25) is 4.79 Å². The van der Waals surface area contributed by atoms with Crippen LogP contribution in [0.15, 0.2) is 17.0 Å². The molecule has 0 spiro atoms. The van der Waals surface area contributed by atoms with E-state index in [9.17, 15) is 17.6 Å². The molecule has 2 rings (SSSR count). The summed E-state index contributed by atoms with van der Waals surface area (Å²) < 4.78 is 36.5. The monoisotopic (exact) mass is 334 g/mol. The summed E-state index contributed by atoms with van der Waals surface area (Å²) in [6, 6.07) is 1.65. The van der Waals surface area contributed by atoms with Gasteiger partial charge in [-0.2, -0.15) is 0 Å². The molecule has 0 atom stereocenters.